The number of aliphatic hydroxyl groups is 1. The predicted molar refractivity (Wildman–Crippen MR) is 71.5 cm³/mol. The van der Waals surface area contributed by atoms with E-state index in [2.05, 4.69) is 5.48 Å². The summed E-state index contributed by atoms with van der Waals surface area (Å²) in [5, 5.41) is 9.28. The van der Waals surface area contributed by atoms with Gasteiger partial charge in [-0.1, -0.05) is 29.8 Å². The average molecular weight is 267 g/mol. The van der Waals surface area contributed by atoms with Gasteiger partial charge in [0.2, 0.25) is 0 Å². The number of carbonyl (C=O) groups is 1. The van der Waals surface area contributed by atoms with Crippen LogP contribution in [0.4, 0.5) is 4.79 Å². The molecule has 1 aromatic rings. The summed E-state index contributed by atoms with van der Waals surface area (Å²) in [6.45, 7) is 7.01. The molecule has 1 amide bonds. The molecule has 1 atom stereocenters. The minimum Gasteiger partial charge on any atom is -0.442 e. The Morgan fingerprint density at radius 2 is 1.89 bits per heavy atom. The number of rotatable bonds is 4. The van der Waals surface area contributed by atoms with Crippen LogP contribution < -0.4 is 5.48 Å². The van der Waals surface area contributed by atoms with E-state index in [4.69, 9.17) is 9.57 Å². The quantitative estimate of drug-likeness (QED) is 0.822. The number of ether oxygens (including phenoxy) is 1. The smallest absolute Gasteiger partial charge is 0.431 e. The van der Waals surface area contributed by atoms with Crippen LogP contribution in [-0.4, -0.2) is 23.4 Å². The monoisotopic (exact) mass is 267 g/mol. The van der Waals surface area contributed by atoms with Crippen molar-refractivity contribution in [3.63, 3.8) is 0 Å². The van der Waals surface area contributed by atoms with Crippen LogP contribution in [0.5, 0.6) is 0 Å². The maximum absolute atomic E-state index is 11.4. The Morgan fingerprint density at radius 1 is 1.32 bits per heavy atom. The van der Waals surface area contributed by atoms with E-state index in [0.717, 1.165) is 11.1 Å². The van der Waals surface area contributed by atoms with Crippen LogP contribution in [0.2, 0.25) is 0 Å². The van der Waals surface area contributed by atoms with Crippen LogP contribution in [0.1, 0.15) is 38.0 Å². The number of carbonyl (C=O) groups excluding carboxylic acids is 1. The lowest BCUT2D eigenvalue weighted by Gasteiger charge is -2.21. The first-order chi connectivity index (χ1) is 8.81. The first-order valence-electron chi connectivity index (χ1n) is 6.14. The second-order valence-electron chi connectivity index (χ2n) is 5.30. The fourth-order valence-electron chi connectivity index (χ4n) is 1.41. The third-order valence-electron chi connectivity index (χ3n) is 2.30. The summed E-state index contributed by atoms with van der Waals surface area (Å²) in [5.41, 5.74) is 3.48. The molecular formula is C14H21NO4. The van der Waals surface area contributed by atoms with E-state index in [9.17, 15) is 9.90 Å². The fourth-order valence-corrected chi connectivity index (χ4v) is 1.41. The lowest BCUT2D eigenvalue weighted by molar-refractivity contribution is -0.0610. The normalized spacial score (nSPS) is 12.9. The highest BCUT2D eigenvalue weighted by atomic mass is 16.7. The van der Waals surface area contributed by atoms with Crippen LogP contribution in [-0.2, 0) is 9.57 Å². The van der Waals surface area contributed by atoms with Gasteiger partial charge in [0.1, 0.15) is 11.7 Å². The lowest BCUT2D eigenvalue weighted by atomic mass is 10.1. The number of hydroxylamine groups is 1. The maximum Gasteiger partial charge on any atom is 0.431 e. The van der Waals surface area contributed by atoms with Gasteiger partial charge in [0.05, 0.1) is 6.61 Å². The second-order valence-corrected chi connectivity index (χ2v) is 5.30. The van der Waals surface area contributed by atoms with Crippen molar-refractivity contribution in [2.45, 2.75) is 39.4 Å². The van der Waals surface area contributed by atoms with Gasteiger partial charge in [0.15, 0.2) is 0 Å². The number of nitrogens with one attached hydrogen (secondary N) is 1. The first kappa shape index (κ1) is 15.5. The van der Waals surface area contributed by atoms with Crippen LogP contribution in [0.25, 0.3) is 0 Å². The van der Waals surface area contributed by atoms with Gasteiger partial charge >= 0.3 is 6.09 Å². The minimum atomic E-state index is -0.682. The SMILES string of the molecule is Cc1ccc(C(CO)ONC(=O)OC(C)(C)C)cc1. The van der Waals surface area contributed by atoms with Gasteiger partial charge in [-0.25, -0.2) is 4.79 Å². The van der Waals surface area contributed by atoms with E-state index in [1.165, 1.54) is 0 Å². The molecule has 0 aromatic heterocycles. The fraction of sp³-hybridized carbons (Fsp3) is 0.500. The highest BCUT2D eigenvalue weighted by molar-refractivity contribution is 5.66. The van der Waals surface area contributed by atoms with Crippen molar-refractivity contribution in [3.8, 4) is 0 Å². The molecule has 1 unspecified atom stereocenters. The molecule has 19 heavy (non-hydrogen) atoms. The molecule has 1 aromatic carbocycles. The van der Waals surface area contributed by atoms with Crippen molar-refractivity contribution >= 4 is 6.09 Å². The van der Waals surface area contributed by atoms with Crippen molar-refractivity contribution in [1.29, 1.82) is 0 Å². The van der Waals surface area contributed by atoms with Crippen LogP contribution in [0.15, 0.2) is 24.3 Å². The van der Waals surface area contributed by atoms with Crippen LogP contribution in [0.3, 0.4) is 0 Å². The van der Waals surface area contributed by atoms with Gasteiger partial charge in [-0.05, 0) is 33.3 Å². The number of aryl methyl sites for hydroxylation is 1. The van der Waals surface area contributed by atoms with E-state index >= 15 is 0 Å². The minimum absolute atomic E-state index is 0.237. The predicted octanol–water partition coefficient (Wildman–Crippen LogP) is 2.48. The molecule has 106 valence electrons. The second kappa shape index (κ2) is 6.54. The average Bonchev–Trinajstić information content (AvgIpc) is 2.29. The highest BCUT2D eigenvalue weighted by Gasteiger charge is 2.18. The molecule has 0 aliphatic heterocycles. The summed E-state index contributed by atoms with van der Waals surface area (Å²) in [6, 6.07) is 7.50. The molecule has 0 saturated carbocycles. The molecular weight excluding hydrogens is 246 g/mol. The Morgan fingerprint density at radius 3 is 2.37 bits per heavy atom. The molecule has 1 rings (SSSR count). The van der Waals surface area contributed by atoms with E-state index in [1.807, 2.05) is 31.2 Å². The summed E-state index contributed by atoms with van der Waals surface area (Å²) in [5.74, 6) is 0. The Hall–Kier alpha value is -1.59. The molecule has 0 heterocycles. The topological polar surface area (TPSA) is 67.8 Å². The van der Waals surface area contributed by atoms with E-state index in [0.29, 0.717) is 0 Å². The van der Waals surface area contributed by atoms with Gasteiger partial charge in [-0.3, -0.25) is 4.84 Å². The number of amides is 1. The van der Waals surface area contributed by atoms with Crippen molar-refractivity contribution in [1.82, 2.24) is 5.48 Å². The zero-order valence-electron chi connectivity index (χ0n) is 11.8. The molecule has 2 N–H and O–H groups in total. The summed E-state index contributed by atoms with van der Waals surface area (Å²) < 4.78 is 5.03. The molecule has 5 heteroatoms. The molecule has 0 bridgehead atoms. The molecule has 0 fully saturated rings. The molecule has 0 aliphatic carbocycles. The number of hydrogen-bond acceptors (Lipinski definition) is 4. The van der Waals surface area contributed by atoms with Gasteiger partial charge in [-0.2, -0.15) is 5.48 Å². The summed E-state index contributed by atoms with van der Waals surface area (Å²) >= 11 is 0. The van der Waals surface area contributed by atoms with E-state index in [1.54, 1.807) is 20.8 Å². The Balaban J connectivity index is 2.54. The zero-order chi connectivity index (χ0) is 14.5. The number of benzene rings is 1. The Kier molecular flexibility index (Phi) is 5.32. The Labute approximate surface area is 113 Å². The first-order valence-corrected chi connectivity index (χ1v) is 6.14. The van der Waals surface area contributed by atoms with Crippen LogP contribution >= 0.6 is 0 Å². The molecule has 0 radical (unpaired) electrons. The largest absolute Gasteiger partial charge is 0.442 e. The molecule has 0 saturated heterocycles. The lowest BCUT2D eigenvalue weighted by Crippen LogP contribution is -2.34. The number of hydrogen-bond donors (Lipinski definition) is 2. The van der Waals surface area contributed by atoms with Crippen molar-refractivity contribution < 1.29 is 19.5 Å². The molecule has 0 aliphatic rings. The summed E-state index contributed by atoms with van der Waals surface area (Å²) in [6.07, 6.45) is -1.30. The zero-order valence-corrected chi connectivity index (χ0v) is 11.8. The highest BCUT2D eigenvalue weighted by Crippen LogP contribution is 2.16. The maximum atomic E-state index is 11.4. The number of aliphatic hydroxyl groups excluding tert-OH is 1. The van der Waals surface area contributed by atoms with Gasteiger partial charge in [0, 0.05) is 0 Å². The van der Waals surface area contributed by atoms with Gasteiger partial charge in [-0.15, -0.1) is 0 Å². The third kappa shape index (κ3) is 5.72. The van der Waals surface area contributed by atoms with Crippen molar-refractivity contribution in [2.75, 3.05) is 6.61 Å². The standard InChI is InChI=1S/C14H21NO4/c1-10-5-7-11(8-6-10)12(9-16)19-15-13(17)18-14(2,3)4/h5-8,12,16H,9H2,1-4H3,(H,15,17). The molecule has 0 spiro atoms. The van der Waals surface area contributed by atoms with Crippen molar-refractivity contribution in [3.05, 3.63) is 35.4 Å². The van der Waals surface area contributed by atoms with E-state index < -0.39 is 17.8 Å². The van der Waals surface area contributed by atoms with Crippen molar-refractivity contribution in [2.24, 2.45) is 0 Å². The van der Waals surface area contributed by atoms with E-state index in [-0.39, 0.29) is 6.61 Å². The summed E-state index contributed by atoms with van der Waals surface area (Å²) in [7, 11) is 0. The van der Waals surface area contributed by atoms with Gasteiger partial charge < -0.3 is 9.84 Å². The van der Waals surface area contributed by atoms with Gasteiger partial charge in [0.25, 0.3) is 0 Å². The third-order valence-corrected chi connectivity index (χ3v) is 2.30. The Bertz CT molecular complexity index is 408. The molecule has 5 nitrogen and oxygen atoms in total. The summed E-state index contributed by atoms with van der Waals surface area (Å²) in [4.78, 5) is 16.6. The van der Waals surface area contributed by atoms with Crippen LogP contribution in [0, 0.1) is 6.92 Å².